The van der Waals surface area contributed by atoms with E-state index >= 15 is 0 Å². The standard InChI is InChI=1S/C14H24N4O2/c1-13(2,3)20-12(19)18-11-16-7-10(8-17-11)6-14(4,5)9-15/h7-8H,6,9,15H2,1-5H3,(H,16,17,18,19). The van der Waals surface area contributed by atoms with Gasteiger partial charge in [0, 0.05) is 12.4 Å². The zero-order valence-electron chi connectivity index (χ0n) is 12.9. The smallest absolute Gasteiger partial charge is 0.414 e. The fourth-order valence-corrected chi connectivity index (χ4v) is 1.53. The highest BCUT2D eigenvalue weighted by Crippen LogP contribution is 2.19. The number of anilines is 1. The molecular formula is C14H24N4O2. The van der Waals surface area contributed by atoms with Crippen LogP contribution in [0.4, 0.5) is 10.7 Å². The first-order valence-electron chi connectivity index (χ1n) is 6.62. The number of rotatable bonds is 4. The monoisotopic (exact) mass is 280 g/mol. The summed E-state index contributed by atoms with van der Waals surface area (Å²) < 4.78 is 5.12. The molecule has 112 valence electrons. The predicted octanol–water partition coefficient (Wildman–Crippen LogP) is 2.35. The number of carbonyl (C=O) groups is 1. The van der Waals surface area contributed by atoms with Gasteiger partial charge in [-0.05, 0) is 44.7 Å². The second kappa shape index (κ2) is 6.17. The summed E-state index contributed by atoms with van der Waals surface area (Å²) in [4.78, 5) is 19.8. The van der Waals surface area contributed by atoms with Gasteiger partial charge < -0.3 is 10.5 Å². The minimum atomic E-state index is -0.562. The average Bonchev–Trinajstić information content (AvgIpc) is 2.29. The third kappa shape index (κ3) is 5.97. The molecule has 0 atom stereocenters. The van der Waals surface area contributed by atoms with E-state index in [2.05, 4.69) is 29.1 Å². The van der Waals surface area contributed by atoms with Crippen molar-refractivity contribution in [2.75, 3.05) is 11.9 Å². The summed E-state index contributed by atoms with van der Waals surface area (Å²) in [5, 5.41) is 2.49. The molecule has 0 aliphatic rings. The van der Waals surface area contributed by atoms with E-state index in [0.717, 1.165) is 12.0 Å². The zero-order chi connectivity index (χ0) is 15.4. The number of amides is 1. The van der Waals surface area contributed by atoms with E-state index in [9.17, 15) is 4.79 Å². The number of nitrogens with zero attached hydrogens (tertiary/aromatic N) is 2. The van der Waals surface area contributed by atoms with Gasteiger partial charge in [-0.25, -0.2) is 14.8 Å². The molecular weight excluding hydrogens is 256 g/mol. The van der Waals surface area contributed by atoms with Crippen LogP contribution in [0.5, 0.6) is 0 Å². The van der Waals surface area contributed by atoms with E-state index in [-0.39, 0.29) is 11.4 Å². The van der Waals surface area contributed by atoms with Crippen molar-refractivity contribution in [2.45, 2.75) is 46.6 Å². The van der Waals surface area contributed by atoms with Gasteiger partial charge in [0.25, 0.3) is 0 Å². The van der Waals surface area contributed by atoms with Gasteiger partial charge in [0.05, 0.1) is 0 Å². The Morgan fingerprint density at radius 3 is 2.25 bits per heavy atom. The van der Waals surface area contributed by atoms with E-state index in [0.29, 0.717) is 6.54 Å². The van der Waals surface area contributed by atoms with E-state index in [1.165, 1.54) is 0 Å². The van der Waals surface area contributed by atoms with Crippen molar-refractivity contribution in [3.63, 3.8) is 0 Å². The Balaban J connectivity index is 2.61. The van der Waals surface area contributed by atoms with Crippen LogP contribution in [0.2, 0.25) is 0 Å². The minimum Gasteiger partial charge on any atom is -0.444 e. The van der Waals surface area contributed by atoms with Crippen molar-refractivity contribution in [2.24, 2.45) is 11.1 Å². The topological polar surface area (TPSA) is 90.1 Å². The fourth-order valence-electron chi connectivity index (χ4n) is 1.53. The molecule has 1 heterocycles. The summed E-state index contributed by atoms with van der Waals surface area (Å²) in [6, 6.07) is 0. The molecule has 0 fully saturated rings. The van der Waals surface area contributed by atoms with Gasteiger partial charge in [-0.2, -0.15) is 0 Å². The molecule has 20 heavy (non-hydrogen) atoms. The highest BCUT2D eigenvalue weighted by Gasteiger charge is 2.18. The molecule has 6 nitrogen and oxygen atoms in total. The Labute approximate surface area is 120 Å². The molecule has 6 heteroatoms. The normalized spacial score (nSPS) is 12.1. The second-order valence-corrected chi connectivity index (χ2v) is 6.59. The van der Waals surface area contributed by atoms with Crippen LogP contribution in [0.15, 0.2) is 12.4 Å². The van der Waals surface area contributed by atoms with Gasteiger partial charge in [0.1, 0.15) is 5.60 Å². The van der Waals surface area contributed by atoms with Gasteiger partial charge in [-0.3, -0.25) is 5.32 Å². The first kappa shape index (κ1) is 16.4. The van der Waals surface area contributed by atoms with Crippen molar-refractivity contribution < 1.29 is 9.53 Å². The first-order chi connectivity index (χ1) is 9.11. The van der Waals surface area contributed by atoms with E-state index < -0.39 is 11.7 Å². The lowest BCUT2D eigenvalue weighted by atomic mass is 9.87. The van der Waals surface area contributed by atoms with Crippen LogP contribution in [-0.4, -0.2) is 28.2 Å². The van der Waals surface area contributed by atoms with Crippen LogP contribution in [0.3, 0.4) is 0 Å². The Morgan fingerprint density at radius 1 is 1.25 bits per heavy atom. The molecule has 0 aliphatic carbocycles. The molecule has 0 saturated heterocycles. The maximum Gasteiger partial charge on any atom is 0.414 e. The lowest BCUT2D eigenvalue weighted by Gasteiger charge is -2.22. The lowest BCUT2D eigenvalue weighted by molar-refractivity contribution is 0.0634. The van der Waals surface area contributed by atoms with Crippen molar-refractivity contribution in [1.82, 2.24) is 9.97 Å². The first-order valence-corrected chi connectivity index (χ1v) is 6.62. The third-order valence-electron chi connectivity index (χ3n) is 2.55. The summed E-state index contributed by atoms with van der Waals surface area (Å²) in [6.45, 7) is 10.1. The number of nitrogens with one attached hydrogen (secondary N) is 1. The second-order valence-electron chi connectivity index (χ2n) is 6.59. The molecule has 0 unspecified atom stereocenters. The molecule has 0 radical (unpaired) electrons. The predicted molar refractivity (Wildman–Crippen MR) is 78.4 cm³/mol. The molecule has 0 aromatic carbocycles. The number of ether oxygens (including phenoxy) is 1. The Bertz CT molecular complexity index is 449. The highest BCUT2D eigenvalue weighted by molar-refractivity contribution is 5.82. The van der Waals surface area contributed by atoms with Crippen molar-refractivity contribution in [3.05, 3.63) is 18.0 Å². The number of hydrogen-bond acceptors (Lipinski definition) is 5. The maximum atomic E-state index is 11.6. The molecule has 1 aromatic heterocycles. The summed E-state index contributed by atoms with van der Waals surface area (Å²) >= 11 is 0. The number of nitrogens with two attached hydrogens (primary N) is 1. The van der Waals surface area contributed by atoms with Gasteiger partial charge in [-0.1, -0.05) is 13.8 Å². The SMILES string of the molecule is CC(C)(CN)Cc1cnc(NC(=O)OC(C)(C)C)nc1. The van der Waals surface area contributed by atoms with Gasteiger partial charge in [0.2, 0.25) is 5.95 Å². The van der Waals surface area contributed by atoms with Crippen molar-refractivity contribution in [1.29, 1.82) is 0 Å². The van der Waals surface area contributed by atoms with E-state index in [1.54, 1.807) is 33.2 Å². The average molecular weight is 280 g/mol. The summed E-state index contributed by atoms with van der Waals surface area (Å²) in [5.41, 5.74) is 6.13. The summed E-state index contributed by atoms with van der Waals surface area (Å²) in [6.07, 6.45) is 3.61. The van der Waals surface area contributed by atoms with E-state index in [4.69, 9.17) is 10.5 Å². The quantitative estimate of drug-likeness (QED) is 0.883. The summed E-state index contributed by atoms with van der Waals surface area (Å²) in [5.74, 6) is 0.230. The van der Waals surface area contributed by atoms with Crippen LogP contribution >= 0.6 is 0 Å². The maximum absolute atomic E-state index is 11.6. The third-order valence-corrected chi connectivity index (χ3v) is 2.55. The fraction of sp³-hybridized carbons (Fsp3) is 0.643. The van der Waals surface area contributed by atoms with Crippen molar-refractivity contribution in [3.8, 4) is 0 Å². The highest BCUT2D eigenvalue weighted by atomic mass is 16.6. The molecule has 0 bridgehead atoms. The minimum absolute atomic E-state index is 0.00344. The number of hydrogen-bond donors (Lipinski definition) is 2. The van der Waals surface area contributed by atoms with Gasteiger partial charge in [0.15, 0.2) is 0 Å². The molecule has 1 rings (SSSR count). The molecule has 0 spiro atoms. The van der Waals surface area contributed by atoms with Crippen molar-refractivity contribution >= 4 is 12.0 Å². The van der Waals surface area contributed by atoms with Crippen LogP contribution in [0.25, 0.3) is 0 Å². The lowest BCUT2D eigenvalue weighted by Crippen LogP contribution is -2.28. The van der Waals surface area contributed by atoms with Crippen LogP contribution in [-0.2, 0) is 11.2 Å². The van der Waals surface area contributed by atoms with E-state index in [1.807, 2.05) is 0 Å². The molecule has 3 N–H and O–H groups in total. The molecule has 1 amide bonds. The molecule has 0 aliphatic heterocycles. The molecule has 1 aromatic rings. The number of carbonyl (C=O) groups excluding carboxylic acids is 1. The zero-order valence-corrected chi connectivity index (χ0v) is 12.9. The van der Waals surface area contributed by atoms with Crippen LogP contribution in [0, 0.1) is 5.41 Å². The Kier molecular flexibility index (Phi) is 5.05. The Morgan fingerprint density at radius 2 is 1.80 bits per heavy atom. The largest absolute Gasteiger partial charge is 0.444 e. The Hall–Kier alpha value is -1.69. The van der Waals surface area contributed by atoms with Crippen LogP contribution in [0.1, 0.15) is 40.2 Å². The van der Waals surface area contributed by atoms with Gasteiger partial charge >= 0.3 is 6.09 Å². The summed E-state index contributed by atoms with van der Waals surface area (Å²) in [7, 11) is 0. The van der Waals surface area contributed by atoms with Crippen LogP contribution < -0.4 is 11.1 Å². The molecule has 0 saturated carbocycles. The number of aromatic nitrogens is 2. The van der Waals surface area contributed by atoms with Gasteiger partial charge in [-0.15, -0.1) is 0 Å².